The number of ether oxygens (including phenoxy) is 2. The Morgan fingerprint density at radius 3 is 3.00 bits per heavy atom. The summed E-state index contributed by atoms with van der Waals surface area (Å²) in [5, 5.41) is 5.51. The van der Waals surface area contributed by atoms with Gasteiger partial charge in [0.25, 0.3) is 0 Å². The van der Waals surface area contributed by atoms with Gasteiger partial charge in [0.1, 0.15) is 0 Å². The van der Waals surface area contributed by atoms with Gasteiger partial charge in [-0.15, -0.1) is 0 Å². The molecule has 0 spiro atoms. The summed E-state index contributed by atoms with van der Waals surface area (Å²) in [6.45, 7) is 0.525. The predicted octanol–water partition coefficient (Wildman–Crippen LogP) is 0.573. The molecule has 0 bridgehead atoms. The van der Waals surface area contributed by atoms with E-state index in [9.17, 15) is 4.79 Å². The van der Waals surface area contributed by atoms with E-state index in [1.807, 2.05) is 0 Å². The summed E-state index contributed by atoms with van der Waals surface area (Å²) in [6, 6.07) is 5.30. The van der Waals surface area contributed by atoms with Crippen molar-refractivity contribution in [2.45, 2.75) is 0 Å². The Morgan fingerprint density at radius 1 is 1.40 bits per heavy atom. The van der Waals surface area contributed by atoms with Gasteiger partial charge >= 0.3 is 0 Å². The second-order valence-electron chi connectivity index (χ2n) is 3.15. The van der Waals surface area contributed by atoms with E-state index in [0.717, 1.165) is 0 Å². The minimum absolute atomic E-state index is 0.0867. The fraction of sp³-hybridized carbons (Fsp3) is 0.300. The average molecular weight is 208 g/mol. The van der Waals surface area contributed by atoms with Crippen LogP contribution in [0.1, 0.15) is 0 Å². The monoisotopic (exact) mass is 208 g/mol. The standard InChI is InChI=1S/C10H12N2O3/c1-11-5-10(13)12-7-2-3-8-9(4-7)15-6-14-8/h2-4,11H,5-6H2,1H3,(H,12,13). The Morgan fingerprint density at radius 2 is 2.20 bits per heavy atom. The maximum atomic E-state index is 11.3. The second-order valence-corrected chi connectivity index (χ2v) is 3.15. The second kappa shape index (κ2) is 4.18. The molecule has 0 fully saturated rings. The molecule has 5 heteroatoms. The molecule has 15 heavy (non-hydrogen) atoms. The lowest BCUT2D eigenvalue weighted by Crippen LogP contribution is -2.24. The average Bonchev–Trinajstić information content (AvgIpc) is 2.65. The number of nitrogens with one attached hydrogen (secondary N) is 2. The third kappa shape index (κ3) is 2.19. The Labute approximate surface area is 87.4 Å². The van der Waals surface area contributed by atoms with E-state index in [1.165, 1.54) is 0 Å². The largest absolute Gasteiger partial charge is 0.454 e. The smallest absolute Gasteiger partial charge is 0.238 e. The van der Waals surface area contributed by atoms with Crippen LogP contribution in [0.2, 0.25) is 0 Å². The molecule has 1 heterocycles. The molecule has 1 amide bonds. The zero-order chi connectivity index (χ0) is 10.7. The molecule has 0 atom stereocenters. The van der Waals surface area contributed by atoms with E-state index < -0.39 is 0 Å². The predicted molar refractivity (Wildman–Crippen MR) is 55.1 cm³/mol. The van der Waals surface area contributed by atoms with Crippen LogP contribution in [0, 0.1) is 0 Å². The molecule has 0 radical (unpaired) electrons. The number of carbonyl (C=O) groups is 1. The molecule has 0 unspecified atom stereocenters. The highest BCUT2D eigenvalue weighted by atomic mass is 16.7. The highest BCUT2D eigenvalue weighted by molar-refractivity contribution is 5.92. The Kier molecular flexibility index (Phi) is 2.73. The minimum Gasteiger partial charge on any atom is -0.454 e. The Bertz CT molecular complexity index is 379. The van der Waals surface area contributed by atoms with Crippen molar-refractivity contribution in [2.75, 3.05) is 25.7 Å². The summed E-state index contributed by atoms with van der Waals surface area (Å²) in [7, 11) is 1.72. The molecule has 1 aromatic carbocycles. The van der Waals surface area contributed by atoms with Gasteiger partial charge in [0.05, 0.1) is 6.54 Å². The van der Waals surface area contributed by atoms with Gasteiger partial charge in [-0.3, -0.25) is 4.79 Å². The van der Waals surface area contributed by atoms with Crippen LogP contribution in [0.5, 0.6) is 11.5 Å². The maximum absolute atomic E-state index is 11.3. The number of amides is 1. The third-order valence-corrected chi connectivity index (χ3v) is 1.99. The molecule has 80 valence electrons. The third-order valence-electron chi connectivity index (χ3n) is 1.99. The molecule has 0 aromatic heterocycles. The molecular formula is C10H12N2O3. The normalized spacial score (nSPS) is 12.6. The molecule has 0 aliphatic carbocycles. The van der Waals surface area contributed by atoms with Crippen LogP contribution in [0.4, 0.5) is 5.69 Å². The van der Waals surface area contributed by atoms with Crippen LogP contribution >= 0.6 is 0 Å². The summed E-state index contributed by atoms with van der Waals surface area (Å²) >= 11 is 0. The first-order chi connectivity index (χ1) is 7.29. The summed E-state index contributed by atoms with van der Waals surface area (Å²) in [6.07, 6.45) is 0. The van der Waals surface area contributed by atoms with Gasteiger partial charge in [-0.2, -0.15) is 0 Å². The SMILES string of the molecule is CNCC(=O)Nc1ccc2c(c1)OCO2. The number of hydrogen-bond donors (Lipinski definition) is 2. The number of carbonyl (C=O) groups excluding carboxylic acids is 1. The lowest BCUT2D eigenvalue weighted by atomic mass is 10.3. The number of anilines is 1. The van der Waals surface area contributed by atoms with Gasteiger partial charge in [-0.1, -0.05) is 0 Å². The van der Waals surface area contributed by atoms with Gasteiger partial charge in [-0.05, 0) is 19.2 Å². The fourth-order valence-electron chi connectivity index (χ4n) is 1.34. The van der Waals surface area contributed by atoms with Gasteiger partial charge in [-0.25, -0.2) is 0 Å². The number of likely N-dealkylation sites (N-methyl/N-ethyl adjacent to an activating group) is 1. The molecule has 0 saturated carbocycles. The number of hydrogen-bond acceptors (Lipinski definition) is 4. The van der Waals surface area contributed by atoms with E-state index >= 15 is 0 Å². The van der Waals surface area contributed by atoms with Gasteiger partial charge in [0.2, 0.25) is 12.7 Å². The van der Waals surface area contributed by atoms with E-state index in [1.54, 1.807) is 25.2 Å². The highest BCUT2D eigenvalue weighted by Crippen LogP contribution is 2.34. The molecule has 1 aromatic rings. The van der Waals surface area contributed by atoms with Crippen molar-refractivity contribution in [1.82, 2.24) is 5.32 Å². The first-order valence-corrected chi connectivity index (χ1v) is 4.63. The van der Waals surface area contributed by atoms with E-state index in [-0.39, 0.29) is 19.2 Å². The zero-order valence-electron chi connectivity index (χ0n) is 8.37. The first-order valence-electron chi connectivity index (χ1n) is 4.63. The van der Waals surface area contributed by atoms with E-state index in [4.69, 9.17) is 9.47 Å². The fourth-order valence-corrected chi connectivity index (χ4v) is 1.34. The van der Waals surface area contributed by atoms with Crippen molar-refractivity contribution in [3.8, 4) is 11.5 Å². The quantitative estimate of drug-likeness (QED) is 0.762. The number of rotatable bonds is 3. The van der Waals surface area contributed by atoms with Crippen molar-refractivity contribution in [1.29, 1.82) is 0 Å². The number of fused-ring (bicyclic) bond motifs is 1. The van der Waals surface area contributed by atoms with Crippen LogP contribution in [0.15, 0.2) is 18.2 Å². The van der Waals surface area contributed by atoms with Crippen molar-refractivity contribution in [2.24, 2.45) is 0 Å². The van der Waals surface area contributed by atoms with Crippen LogP contribution in [0.25, 0.3) is 0 Å². The van der Waals surface area contributed by atoms with Crippen LogP contribution in [0.3, 0.4) is 0 Å². The van der Waals surface area contributed by atoms with E-state index in [2.05, 4.69) is 10.6 Å². The highest BCUT2D eigenvalue weighted by Gasteiger charge is 2.13. The summed E-state index contributed by atoms with van der Waals surface area (Å²) in [5.74, 6) is 1.29. The van der Waals surface area contributed by atoms with Gasteiger partial charge < -0.3 is 20.1 Å². The lowest BCUT2D eigenvalue weighted by molar-refractivity contribution is -0.115. The van der Waals surface area contributed by atoms with E-state index in [0.29, 0.717) is 17.2 Å². The van der Waals surface area contributed by atoms with Crippen LogP contribution < -0.4 is 20.1 Å². The zero-order valence-corrected chi connectivity index (χ0v) is 8.37. The minimum atomic E-state index is -0.0867. The first kappa shape index (κ1) is 9.79. The molecule has 1 aliphatic heterocycles. The molecule has 2 rings (SSSR count). The maximum Gasteiger partial charge on any atom is 0.238 e. The molecule has 2 N–H and O–H groups in total. The summed E-state index contributed by atoms with van der Waals surface area (Å²) in [5.41, 5.74) is 0.708. The van der Waals surface area contributed by atoms with Crippen LogP contribution in [-0.2, 0) is 4.79 Å². The lowest BCUT2D eigenvalue weighted by Gasteiger charge is -2.05. The van der Waals surface area contributed by atoms with Crippen LogP contribution in [-0.4, -0.2) is 26.3 Å². The van der Waals surface area contributed by atoms with Gasteiger partial charge in [0.15, 0.2) is 11.5 Å². The van der Waals surface area contributed by atoms with Crippen molar-refractivity contribution < 1.29 is 14.3 Å². The van der Waals surface area contributed by atoms with Gasteiger partial charge in [0, 0.05) is 11.8 Å². The van der Waals surface area contributed by atoms with Crippen molar-refractivity contribution in [3.63, 3.8) is 0 Å². The molecular weight excluding hydrogens is 196 g/mol. The Balaban J connectivity index is 2.06. The number of benzene rings is 1. The van der Waals surface area contributed by atoms with Crippen molar-refractivity contribution >= 4 is 11.6 Å². The van der Waals surface area contributed by atoms with Crippen molar-refractivity contribution in [3.05, 3.63) is 18.2 Å². The molecule has 5 nitrogen and oxygen atoms in total. The molecule has 0 saturated heterocycles. The topological polar surface area (TPSA) is 59.6 Å². The summed E-state index contributed by atoms with van der Waals surface area (Å²) < 4.78 is 10.4. The summed E-state index contributed by atoms with van der Waals surface area (Å²) in [4.78, 5) is 11.3. The Hall–Kier alpha value is -1.75. The molecule has 1 aliphatic rings.